The van der Waals surface area contributed by atoms with Crippen molar-refractivity contribution in [2.45, 2.75) is 18.2 Å². The molecule has 1 aromatic rings. The fraction of sp³-hybridized carbons (Fsp3) is 0.500. The first-order valence-corrected chi connectivity index (χ1v) is 8.34. The van der Waals surface area contributed by atoms with Crippen LogP contribution in [0.5, 0.6) is 0 Å². The molecule has 0 atom stereocenters. The summed E-state index contributed by atoms with van der Waals surface area (Å²) in [6.07, 6.45) is 0.693. The highest BCUT2D eigenvalue weighted by atomic mass is 35.5. The molecule has 0 aliphatic carbocycles. The Bertz CT molecular complexity index is 649. The number of likely N-dealkylation sites (N-methyl/N-ethyl adjacent to an activating group) is 2. The summed E-state index contributed by atoms with van der Waals surface area (Å²) in [4.78, 5) is 13.5. The van der Waals surface area contributed by atoms with Crippen LogP contribution in [0, 0.1) is 0 Å². The van der Waals surface area contributed by atoms with E-state index in [2.05, 4.69) is 5.32 Å². The second-order valence-electron chi connectivity index (χ2n) is 5.14. The van der Waals surface area contributed by atoms with Gasteiger partial charge in [-0.1, -0.05) is 0 Å². The molecule has 0 bridgehead atoms. The molecule has 0 fully saturated rings. The Hall–Kier alpha value is -1.15. The van der Waals surface area contributed by atoms with Crippen molar-refractivity contribution in [2.75, 3.05) is 38.6 Å². The lowest BCUT2D eigenvalue weighted by Crippen LogP contribution is -2.32. The van der Waals surface area contributed by atoms with Crippen LogP contribution >= 0.6 is 12.4 Å². The van der Waals surface area contributed by atoms with Crippen LogP contribution in [0.1, 0.15) is 12.5 Å². The Kier molecular flexibility index (Phi) is 6.37. The summed E-state index contributed by atoms with van der Waals surface area (Å²) < 4.78 is 26.3. The van der Waals surface area contributed by atoms with Crippen molar-refractivity contribution in [3.63, 3.8) is 0 Å². The Labute approximate surface area is 137 Å². The molecule has 0 saturated heterocycles. The molecule has 1 N–H and O–H groups in total. The number of carbonyl (C=O) groups is 1. The largest absolute Gasteiger partial charge is 0.318 e. The van der Waals surface area contributed by atoms with Crippen LogP contribution in [0.4, 0.5) is 5.69 Å². The molecule has 1 heterocycles. The molecule has 1 aromatic carbocycles. The first-order valence-electron chi connectivity index (χ1n) is 6.90. The zero-order chi connectivity index (χ0) is 15.6. The van der Waals surface area contributed by atoms with Gasteiger partial charge in [0, 0.05) is 39.3 Å². The van der Waals surface area contributed by atoms with Gasteiger partial charge in [-0.2, -0.15) is 4.31 Å². The number of hydrogen-bond acceptors (Lipinski definition) is 4. The van der Waals surface area contributed by atoms with Crippen LogP contribution in [0.2, 0.25) is 0 Å². The summed E-state index contributed by atoms with van der Waals surface area (Å²) in [7, 11) is -0.126. The minimum absolute atomic E-state index is 0. The second-order valence-corrected chi connectivity index (χ2v) is 7.19. The van der Waals surface area contributed by atoms with Gasteiger partial charge in [-0.3, -0.25) is 4.79 Å². The van der Waals surface area contributed by atoms with E-state index in [1.165, 1.54) is 11.2 Å². The summed E-state index contributed by atoms with van der Waals surface area (Å²) >= 11 is 0. The number of anilines is 1. The van der Waals surface area contributed by atoms with Crippen LogP contribution in [0.15, 0.2) is 23.1 Å². The second kappa shape index (κ2) is 7.41. The lowest BCUT2D eigenvalue weighted by Gasteiger charge is -2.18. The van der Waals surface area contributed by atoms with Crippen molar-refractivity contribution >= 4 is 34.0 Å². The van der Waals surface area contributed by atoms with Crippen LogP contribution in [-0.2, 0) is 21.2 Å². The van der Waals surface area contributed by atoms with Gasteiger partial charge in [-0.05, 0) is 37.2 Å². The Morgan fingerprint density at radius 3 is 2.68 bits per heavy atom. The third-order valence-electron chi connectivity index (χ3n) is 3.71. The quantitative estimate of drug-likeness (QED) is 0.857. The average Bonchev–Trinajstić information content (AvgIpc) is 2.87. The van der Waals surface area contributed by atoms with Gasteiger partial charge in [-0.25, -0.2) is 8.42 Å². The summed E-state index contributed by atoms with van der Waals surface area (Å²) in [5.41, 5.74) is 1.73. The summed E-state index contributed by atoms with van der Waals surface area (Å²) in [6, 6.07) is 4.98. The molecule has 0 radical (unpaired) electrons. The predicted molar refractivity (Wildman–Crippen MR) is 89.2 cm³/mol. The number of sulfonamides is 1. The number of hydrogen-bond donors (Lipinski definition) is 1. The summed E-state index contributed by atoms with van der Waals surface area (Å²) in [5.74, 6) is -0.0181. The summed E-state index contributed by atoms with van der Waals surface area (Å²) in [5, 5.41) is 2.93. The molecule has 0 unspecified atom stereocenters. The van der Waals surface area contributed by atoms with Gasteiger partial charge in [0.1, 0.15) is 0 Å². The van der Waals surface area contributed by atoms with E-state index in [0.717, 1.165) is 11.3 Å². The highest BCUT2D eigenvalue weighted by Gasteiger charge is 2.26. The maximum absolute atomic E-state index is 12.5. The van der Waals surface area contributed by atoms with E-state index in [1.54, 1.807) is 37.2 Å². The zero-order valence-electron chi connectivity index (χ0n) is 13.0. The van der Waals surface area contributed by atoms with Crippen LogP contribution in [0.25, 0.3) is 0 Å². The van der Waals surface area contributed by atoms with Crippen molar-refractivity contribution in [1.82, 2.24) is 9.62 Å². The maximum Gasteiger partial charge on any atom is 0.242 e. The average molecular weight is 348 g/mol. The van der Waals surface area contributed by atoms with Crippen molar-refractivity contribution < 1.29 is 13.2 Å². The van der Waals surface area contributed by atoms with Crippen molar-refractivity contribution in [3.8, 4) is 0 Å². The number of nitrogens with one attached hydrogen (secondary N) is 1. The van der Waals surface area contributed by atoms with E-state index in [9.17, 15) is 13.2 Å². The van der Waals surface area contributed by atoms with Gasteiger partial charge < -0.3 is 10.2 Å². The molecule has 6 nitrogen and oxygen atoms in total. The molecule has 8 heteroatoms. The third-order valence-corrected chi connectivity index (χ3v) is 5.56. The lowest BCUT2D eigenvalue weighted by molar-refractivity contribution is -0.116. The van der Waals surface area contributed by atoms with Crippen LogP contribution in [-0.4, -0.2) is 52.4 Å². The predicted octanol–water partition coefficient (Wildman–Crippen LogP) is 0.857. The number of amides is 1. The minimum atomic E-state index is -3.48. The lowest BCUT2D eigenvalue weighted by atomic mass is 10.2. The molecule has 0 saturated carbocycles. The van der Waals surface area contributed by atoms with Crippen molar-refractivity contribution in [3.05, 3.63) is 23.8 Å². The van der Waals surface area contributed by atoms with Crippen molar-refractivity contribution in [2.24, 2.45) is 0 Å². The van der Waals surface area contributed by atoms with Crippen LogP contribution < -0.4 is 10.2 Å². The first-order chi connectivity index (χ1) is 9.87. The van der Waals surface area contributed by atoms with Crippen LogP contribution in [0.3, 0.4) is 0 Å². The van der Waals surface area contributed by atoms with E-state index in [4.69, 9.17) is 0 Å². The molecule has 1 aliphatic rings. The van der Waals surface area contributed by atoms with Gasteiger partial charge in [0.25, 0.3) is 0 Å². The van der Waals surface area contributed by atoms with E-state index >= 15 is 0 Å². The first kappa shape index (κ1) is 18.9. The SMILES string of the molecule is CNCCN(C)S(=O)(=O)c1ccc2c(c1)CCN2C(C)=O.Cl. The molecule has 1 amide bonds. The molecular weight excluding hydrogens is 326 g/mol. The van der Waals surface area contributed by atoms with Gasteiger partial charge in [0.2, 0.25) is 15.9 Å². The molecule has 2 rings (SSSR count). The number of rotatable bonds is 5. The fourth-order valence-corrected chi connectivity index (χ4v) is 3.66. The number of benzene rings is 1. The summed E-state index contributed by atoms with van der Waals surface area (Å²) in [6.45, 7) is 3.14. The number of nitrogens with zero attached hydrogens (tertiary/aromatic N) is 2. The normalized spacial score (nSPS) is 13.9. The Balaban J connectivity index is 0.00000242. The van der Waals surface area contributed by atoms with Gasteiger partial charge in [-0.15, -0.1) is 12.4 Å². The Morgan fingerprint density at radius 1 is 1.41 bits per heavy atom. The van der Waals surface area contributed by atoms with E-state index in [-0.39, 0.29) is 23.2 Å². The molecule has 0 aromatic heterocycles. The monoisotopic (exact) mass is 347 g/mol. The van der Waals surface area contributed by atoms with Gasteiger partial charge in [0.05, 0.1) is 4.90 Å². The fourth-order valence-electron chi connectivity index (χ4n) is 2.44. The van der Waals surface area contributed by atoms with E-state index in [0.29, 0.717) is 26.1 Å². The number of fused-ring (bicyclic) bond motifs is 1. The Morgan fingerprint density at radius 2 is 2.09 bits per heavy atom. The smallest absolute Gasteiger partial charge is 0.242 e. The van der Waals surface area contributed by atoms with Gasteiger partial charge >= 0.3 is 0 Å². The highest BCUT2D eigenvalue weighted by molar-refractivity contribution is 7.89. The van der Waals surface area contributed by atoms with E-state index in [1.807, 2.05) is 0 Å². The molecular formula is C14H22ClN3O3S. The zero-order valence-corrected chi connectivity index (χ0v) is 14.6. The molecule has 0 spiro atoms. The highest BCUT2D eigenvalue weighted by Crippen LogP contribution is 2.30. The minimum Gasteiger partial charge on any atom is -0.318 e. The topological polar surface area (TPSA) is 69.7 Å². The van der Waals surface area contributed by atoms with Crippen molar-refractivity contribution in [1.29, 1.82) is 0 Å². The molecule has 124 valence electrons. The van der Waals surface area contributed by atoms with E-state index < -0.39 is 10.0 Å². The maximum atomic E-state index is 12.5. The number of carbonyl (C=O) groups excluding carboxylic acids is 1. The standard InChI is InChI=1S/C14H21N3O3S.ClH/c1-11(18)17-8-6-12-10-13(4-5-14(12)17)21(19,20)16(3)9-7-15-2;/h4-5,10,15H,6-9H2,1-3H3;1H. The molecule has 22 heavy (non-hydrogen) atoms. The third kappa shape index (κ3) is 3.60. The van der Waals surface area contributed by atoms with Gasteiger partial charge in [0.15, 0.2) is 0 Å². The molecule has 1 aliphatic heterocycles. The number of halogens is 1.